The van der Waals surface area contributed by atoms with Crippen LogP contribution in [0, 0.1) is 6.92 Å². The Morgan fingerprint density at radius 2 is 2.26 bits per heavy atom. The van der Waals surface area contributed by atoms with Gasteiger partial charge >= 0.3 is 0 Å². The van der Waals surface area contributed by atoms with E-state index in [9.17, 15) is 0 Å². The number of hydrogen-bond donors (Lipinski definition) is 1. The number of hydrogen-bond acceptors (Lipinski definition) is 5. The lowest BCUT2D eigenvalue weighted by molar-refractivity contribution is 0.620. The Hall–Kier alpha value is -1.66. The summed E-state index contributed by atoms with van der Waals surface area (Å²) in [4.78, 5) is 6.68. The average Bonchev–Trinajstić information content (AvgIpc) is 3.08. The topological polar surface area (TPSA) is 56.7 Å². The molecule has 0 radical (unpaired) electrons. The van der Waals surface area contributed by atoms with Crippen molar-refractivity contribution in [2.45, 2.75) is 19.9 Å². The lowest BCUT2D eigenvalue weighted by atomic mass is 10.3. The summed E-state index contributed by atoms with van der Waals surface area (Å²) in [6.45, 7) is 2.86. The predicted molar refractivity (Wildman–Crippen MR) is 80.5 cm³/mol. The van der Waals surface area contributed by atoms with Crippen LogP contribution in [-0.2, 0) is 13.0 Å². The molecule has 2 N–H and O–H groups in total. The Morgan fingerprint density at radius 3 is 2.95 bits per heavy atom. The molecule has 3 heterocycles. The molecule has 0 aliphatic rings. The summed E-state index contributed by atoms with van der Waals surface area (Å²) in [5.74, 6) is 0. The molecule has 3 aromatic heterocycles. The van der Waals surface area contributed by atoms with Gasteiger partial charge in [-0.3, -0.25) is 4.68 Å². The first kappa shape index (κ1) is 12.4. The minimum absolute atomic E-state index is 0.598. The van der Waals surface area contributed by atoms with Gasteiger partial charge in [-0.15, -0.1) is 11.3 Å². The van der Waals surface area contributed by atoms with Crippen LogP contribution in [0.1, 0.15) is 10.6 Å². The van der Waals surface area contributed by atoms with Gasteiger partial charge in [-0.05, 0) is 24.4 Å². The first-order valence-electron chi connectivity index (χ1n) is 6.01. The van der Waals surface area contributed by atoms with Crippen LogP contribution in [-0.4, -0.2) is 14.8 Å². The van der Waals surface area contributed by atoms with E-state index < -0.39 is 0 Å². The fourth-order valence-electron chi connectivity index (χ4n) is 1.94. The van der Waals surface area contributed by atoms with E-state index in [1.165, 1.54) is 16.2 Å². The molecular weight excluding hydrogens is 276 g/mol. The van der Waals surface area contributed by atoms with Crippen molar-refractivity contribution in [2.24, 2.45) is 0 Å². The Morgan fingerprint density at radius 1 is 1.37 bits per heavy atom. The monoisotopic (exact) mass is 290 g/mol. The van der Waals surface area contributed by atoms with Crippen molar-refractivity contribution in [3.8, 4) is 10.6 Å². The van der Waals surface area contributed by atoms with Gasteiger partial charge < -0.3 is 5.73 Å². The summed E-state index contributed by atoms with van der Waals surface area (Å²) >= 11 is 3.28. The maximum Gasteiger partial charge on any atom is 0.180 e. The molecule has 0 unspecified atom stereocenters. The Labute approximate surface area is 119 Å². The average molecular weight is 290 g/mol. The second-order valence-electron chi connectivity index (χ2n) is 4.26. The van der Waals surface area contributed by atoms with E-state index in [1.807, 2.05) is 23.9 Å². The summed E-state index contributed by atoms with van der Waals surface area (Å²) in [5, 5.41) is 7.29. The maximum atomic E-state index is 5.72. The molecule has 19 heavy (non-hydrogen) atoms. The van der Waals surface area contributed by atoms with Crippen molar-refractivity contribution < 1.29 is 0 Å². The van der Waals surface area contributed by atoms with Crippen LogP contribution in [0.15, 0.2) is 29.8 Å². The van der Waals surface area contributed by atoms with Crippen LogP contribution in [0.3, 0.4) is 0 Å². The van der Waals surface area contributed by atoms with Gasteiger partial charge in [-0.25, -0.2) is 4.98 Å². The van der Waals surface area contributed by atoms with Gasteiger partial charge in [0.05, 0.1) is 10.6 Å². The van der Waals surface area contributed by atoms with Crippen LogP contribution in [0.2, 0.25) is 0 Å². The van der Waals surface area contributed by atoms with Crippen molar-refractivity contribution in [3.63, 3.8) is 0 Å². The zero-order chi connectivity index (χ0) is 13.2. The van der Waals surface area contributed by atoms with E-state index in [0.29, 0.717) is 5.13 Å². The number of aromatic nitrogens is 3. The molecule has 0 spiro atoms. The predicted octanol–water partition coefficient (Wildman–Crippen LogP) is 3.20. The highest BCUT2D eigenvalue weighted by molar-refractivity contribution is 7.18. The highest BCUT2D eigenvalue weighted by Gasteiger charge is 2.10. The lowest BCUT2D eigenvalue weighted by Crippen LogP contribution is -2.00. The fourth-order valence-corrected chi connectivity index (χ4v) is 3.44. The fraction of sp³-hybridized carbons (Fsp3) is 0.231. The van der Waals surface area contributed by atoms with Crippen LogP contribution < -0.4 is 5.73 Å². The van der Waals surface area contributed by atoms with Crippen LogP contribution in [0.4, 0.5) is 5.13 Å². The smallest absolute Gasteiger partial charge is 0.180 e. The molecule has 4 nitrogen and oxygen atoms in total. The molecule has 98 valence electrons. The first-order valence-corrected chi connectivity index (χ1v) is 7.71. The highest BCUT2D eigenvalue weighted by atomic mass is 32.1. The number of rotatable bonds is 4. The number of anilines is 1. The molecule has 0 saturated carbocycles. The minimum Gasteiger partial charge on any atom is -0.375 e. The van der Waals surface area contributed by atoms with Gasteiger partial charge in [0.25, 0.3) is 0 Å². The van der Waals surface area contributed by atoms with Gasteiger partial charge in [0, 0.05) is 24.0 Å². The second kappa shape index (κ2) is 5.14. The van der Waals surface area contributed by atoms with Gasteiger partial charge in [0.15, 0.2) is 5.13 Å². The van der Waals surface area contributed by atoms with Crippen molar-refractivity contribution in [2.75, 3.05) is 5.73 Å². The second-order valence-corrected chi connectivity index (χ2v) is 6.32. The van der Waals surface area contributed by atoms with E-state index in [-0.39, 0.29) is 0 Å². The standard InChI is InChI=1S/C13H14N4S2/c1-9-12(19-13(14)15-9)11-5-7-17(16-11)6-4-10-3-2-8-18-10/h2-3,5,7-8H,4,6H2,1H3,(H2,14,15). The zero-order valence-electron chi connectivity index (χ0n) is 10.5. The summed E-state index contributed by atoms with van der Waals surface area (Å²) in [7, 11) is 0. The number of thiophene rings is 1. The molecule has 0 amide bonds. The number of nitrogens with two attached hydrogens (primary N) is 1. The molecule has 0 fully saturated rings. The van der Waals surface area contributed by atoms with E-state index in [4.69, 9.17) is 5.73 Å². The van der Waals surface area contributed by atoms with Crippen LogP contribution in [0.5, 0.6) is 0 Å². The zero-order valence-corrected chi connectivity index (χ0v) is 12.2. The Bertz CT molecular complexity index is 667. The third kappa shape index (κ3) is 2.69. The van der Waals surface area contributed by atoms with Gasteiger partial charge in [-0.2, -0.15) is 5.10 Å². The first-order chi connectivity index (χ1) is 9.22. The molecule has 0 aromatic carbocycles. The van der Waals surface area contributed by atoms with Crippen LogP contribution in [0.25, 0.3) is 10.6 Å². The van der Waals surface area contributed by atoms with Crippen molar-refractivity contribution in [1.82, 2.24) is 14.8 Å². The molecular formula is C13H14N4S2. The largest absolute Gasteiger partial charge is 0.375 e. The van der Waals surface area contributed by atoms with Gasteiger partial charge in [0.2, 0.25) is 0 Å². The molecule has 0 aliphatic heterocycles. The van der Waals surface area contributed by atoms with Crippen molar-refractivity contribution >= 4 is 27.8 Å². The van der Waals surface area contributed by atoms with Crippen LogP contribution >= 0.6 is 22.7 Å². The van der Waals surface area contributed by atoms with Gasteiger partial charge in [0.1, 0.15) is 5.69 Å². The number of aryl methyl sites for hydroxylation is 3. The molecule has 0 bridgehead atoms. The maximum absolute atomic E-state index is 5.72. The quantitative estimate of drug-likeness (QED) is 0.802. The summed E-state index contributed by atoms with van der Waals surface area (Å²) in [6, 6.07) is 6.26. The third-order valence-electron chi connectivity index (χ3n) is 2.85. The third-order valence-corrected chi connectivity index (χ3v) is 4.80. The molecule has 0 aliphatic carbocycles. The number of nitrogen functional groups attached to an aromatic ring is 1. The molecule has 3 rings (SSSR count). The highest BCUT2D eigenvalue weighted by Crippen LogP contribution is 2.29. The Kier molecular flexibility index (Phi) is 3.35. The van der Waals surface area contributed by atoms with E-state index >= 15 is 0 Å². The normalized spacial score (nSPS) is 11.0. The Balaban J connectivity index is 1.74. The van der Waals surface area contributed by atoms with Gasteiger partial charge in [-0.1, -0.05) is 17.4 Å². The molecule has 0 atom stereocenters. The lowest BCUT2D eigenvalue weighted by Gasteiger charge is -1.99. The summed E-state index contributed by atoms with van der Waals surface area (Å²) < 4.78 is 1.98. The summed E-state index contributed by atoms with van der Waals surface area (Å²) in [6.07, 6.45) is 3.03. The van der Waals surface area contributed by atoms with E-state index in [2.05, 4.69) is 27.6 Å². The summed E-state index contributed by atoms with van der Waals surface area (Å²) in [5.41, 5.74) is 7.63. The SMILES string of the molecule is Cc1nc(N)sc1-c1ccn(CCc2cccs2)n1. The van der Waals surface area contributed by atoms with E-state index in [0.717, 1.165) is 29.2 Å². The number of nitrogens with zero attached hydrogens (tertiary/aromatic N) is 3. The van der Waals surface area contributed by atoms with Crippen molar-refractivity contribution in [3.05, 3.63) is 40.3 Å². The minimum atomic E-state index is 0.598. The molecule has 6 heteroatoms. The molecule has 3 aromatic rings. The number of thiazole rings is 1. The van der Waals surface area contributed by atoms with E-state index in [1.54, 1.807) is 11.3 Å². The van der Waals surface area contributed by atoms with Crippen molar-refractivity contribution in [1.29, 1.82) is 0 Å². The molecule has 0 saturated heterocycles.